The average Bonchev–Trinajstić information content (AvgIpc) is 2.96. The SMILES string of the molecule is Cc1cccc2c(=O)n(CC(=O)N3CC[C@@H]4CNC[C@@H]4CC3)cnc12. The summed E-state index contributed by atoms with van der Waals surface area (Å²) in [5, 5.41) is 4.02. The van der Waals surface area contributed by atoms with Crippen molar-refractivity contribution in [3.05, 3.63) is 40.4 Å². The first-order chi connectivity index (χ1) is 12.1. The average molecular weight is 340 g/mol. The van der Waals surface area contributed by atoms with E-state index in [1.54, 1.807) is 6.07 Å². The van der Waals surface area contributed by atoms with Gasteiger partial charge in [0.1, 0.15) is 6.54 Å². The minimum Gasteiger partial charge on any atom is -0.341 e. The van der Waals surface area contributed by atoms with Crippen molar-refractivity contribution in [2.24, 2.45) is 11.8 Å². The number of rotatable bonds is 2. The lowest BCUT2D eigenvalue weighted by Crippen LogP contribution is -2.37. The van der Waals surface area contributed by atoms with E-state index in [0.717, 1.165) is 44.6 Å². The lowest BCUT2D eigenvalue weighted by molar-refractivity contribution is -0.131. The third kappa shape index (κ3) is 3.06. The van der Waals surface area contributed by atoms with E-state index in [9.17, 15) is 9.59 Å². The molecule has 2 saturated heterocycles. The van der Waals surface area contributed by atoms with Crippen LogP contribution in [0.1, 0.15) is 18.4 Å². The van der Waals surface area contributed by atoms with Crippen LogP contribution in [0.25, 0.3) is 10.9 Å². The Kier molecular flexibility index (Phi) is 4.29. The molecule has 2 fully saturated rings. The van der Waals surface area contributed by atoms with Gasteiger partial charge in [-0.1, -0.05) is 12.1 Å². The number of amides is 1. The van der Waals surface area contributed by atoms with Crippen molar-refractivity contribution in [3.8, 4) is 0 Å². The monoisotopic (exact) mass is 340 g/mol. The molecule has 1 N–H and O–H groups in total. The molecule has 0 radical (unpaired) electrons. The molecule has 0 spiro atoms. The summed E-state index contributed by atoms with van der Waals surface area (Å²) in [5.41, 5.74) is 1.55. The summed E-state index contributed by atoms with van der Waals surface area (Å²) in [5.74, 6) is 1.39. The maximum absolute atomic E-state index is 12.7. The Labute approximate surface area is 146 Å². The molecule has 2 aliphatic rings. The molecule has 6 nitrogen and oxygen atoms in total. The second kappa shape index (κ2) is 6.59. The van der Waals surface area contributed by atoms with Crippen molar-refractivity contribution >= 4 is 16.8 Å². The van der Waals surface area contributed by atoms with Gasteiger partial charge < -0.3 is 10.2 Å². The standard InChI is InChI=1S/C19H24N4O2/c1-13-3-2-4-16-18(13)21-12-23(19(16)25)11-17(24)22-7-5-14-9-20-10-15(14)6-8-22/h2-4,12,14-15,20H,5-11H2,1H3/t14-,15+. The van der Waals surface area contributed by atoms with Crippen LogP contribution in [0.5, 0.6) is 0 Å². The molecule has 1 aromatic heterocycles. The zero-order valence-corrected chi connectivity index (χ0v) is 14.6. The van der Waals surface area contributed by atoms with Crippen molar-refractivity contribution in [2.75, 3.05) is 26.2 Å². The first-order valence-corrected chi connectivity index (χ1v) is 9.07. The number of carbonyl (C=O) groups is 1. The van der Waals surface area contributed by atoms with E-state index >= 15 is 0 Å². The minimum absolute atomic E-state index is 0.0174. The van der Waals surface area contributed by atoms with Gasteiger partial charge >= 0.3 is 0 Å². The Balaban J connectivity index is 1.52. The minimum atomic E-state index is -0.141. The van der Waals surface area contributed by atoms with E-state index < -0.39 is 0 Å². The molecule has 2 atom stereocenters. The highest BCUT2D eigenvalue weighted by atomic mass is 16.2. The van der Waals surface area contributed by atoms with Crippen LogP contribution < -0.4 is 10.9 Å². The third-order valence-corrected chi connectivity index (χ3v) is 5.73. The van der Waals surface area contributed by atoms with E-state index in [1.807, 2.05) is 24.0 Å². The van der Waals surface area contributed by atoms with Gasteiger partial charge in [-0.05, 0) is 56.3 Å². The quantitative estimate of drug-likeness (QED) is 0.891. The lowest BCUT2D eigenvalue weighted by Gasteiger charge is -2.21. The molecule has 1 amide bonds. The number of hydrogen-bond acceptors (Lipinski definition) is 4. The molecule has 25 heavy (non-hydrogen) atoms. The van der Waals surface area contributed by atoms with Crippen LogP contribution >= 0.6 is 0 Å². The number of aryl methyl sites for hydroxylation is 1. The number of aromatic nitrogens is 2. The molecular weight excluding hydrogens is 316 g/mol. The lowest BCUT2D eigenvalue weighted by atomic mass is 9.92. The number of para-hydroxylation sites is 1. The zero-order valence-electron chi connectivity index (χ0n) is 14.6. The maximum atomic E-state index is 12.7. The molecule has 132 valence electrons. The van der Waals surface area contributed by atoms with Crippen molar-refractivity contribution in [3.63, 3.8) is 0 Å². The summed E-state index contributed by atoms with van der Waals surface area (Å²) in [6.45, 7) is 5.73. The highest BCUT2D eigenvalue weighted by molar-refractivity contribution is 5.81. The highest BCUT2D eigenvalue weighted by Gasteiger charge is 2.31. The van der Waals surface area contributed by atoms with Gasteiger partial charge in [-0.25, -0.2) is 4.98 Å². The number of carbonyl (C=O) groups excluding carboxylic acids is 1. The van der Waals surface area contributed by atoms with Gasteiger partial charge in [-0.3, -0.25) is 14.2 Å². The van der Waals surface area contributed by atoms with Crippen molar-refractivity contribution in [2.45, 2.75) is 26.3 Å². The van der Waals surface area contributed by atoms with Gasteiger partial charge in [0.2, 0.25) is 5.91 Å². The number of nitrogens with one attached hydrogen (secondary N) is 1. The molecule has 0 unspecified atom stereocenters. The predicted octanol–water partition coefficient (Wildman–Crippen LogP) is 1.16. The van der Waals surface area contributed by atoms with Gasteiger partial charge in [0, 0.05) is 13.1 Å². The van der Waals surface area contributed by atoms with Crippen LogP contribution in [-0.4, -0.2) is 46.5 Å². The first-order valence-electron chi connectivity index (χ1n) is 9.07. The largest absolute Gasteiger partial charge is 0.341 e. The maximum Gasteiger partial charge on any atom is 0.261 e. The second-order valence-electron chi connectivity index (χ2n) is 7.29. The molecule has 0 bridgehead atoms. The Hall–Kier alpha value is -2.21. The molecule has 0 aliphatic carbocycles. The van der Waals surface area contributed by atoms with E-state index in [2.05, 4.69) is 10.3 Å². The number of likely N-dealkylation sites (tertiary alicyclic amines) is 1. The number of fused-ring (bicyclic) bond motifs is 2. The molecule has 2 aliphatic heterocycles. The van der Waals surface area contributed by atoms with Crippen LogP contribution in [0.15, 0.2) is 29.3 Å². The smallest absolute Gasteiger partial charge is 0.261 e. The van der Waals surface area contributed by atoms with Crippen molar-refractivity contribution in [1.82, 2.24) is 19.8 Å². The van der Waals surface area contributed by atoms with Crippen LogP contribution in [-0.2, 0) is 11.3 Å². The Bertz CT molecular complexity index is 846. The Morgan fingerprint density at radius 3 is 2.68 bits per heavy atom. The normalized spacial score (nSPS) is 23.5. The van der Waals surface area contributed by atoms with Crippen LogP contribution in [0.4, 0.5) is 0 Å². The summed E-state index contributed by atoms with van der Waals surface area (Å²) >= 11 is 0. The molecule has 4 rings (SSSR count). The van der Waals surface area contributed by atoms with Crippen molar-refractivity contribution in [1.29, 1.82) is 0 Å². The van der Waals surface area contributed by atoms with Gasteiger partial charge in [-0.15, -0.1) is 0 Å². The van der Waals surface area contributed by atoms with Gasteiger partial charge in [0.05, 0.1) is 17.2 Å². The van der Waals surface area contributed by atoms with Crippen LogP contribution in [0, 0.1) is 18.8 Å². The first kappa shape index (κ1) is 16.3. The van der Waals surface area contributed by atoms with E-state index in [4.69, 9.17) is 0 Å². The van der Waals surface area contributed by atoms with E-state index in [-0.39, 0.29) is 18.0 Å². The molecule has 6 heteroatoms. The Morgan fingerprint density at radius 2 is 1.96 bits per heavy atom. The Morgan fingerprint density at radius 1 is 1.24 bits per heavy atom. The fourth-order valence-corrected chi connectivity index (χ4v) is 4.16. The zero-order chi connectivity index (χ0) is 17.4. The van der Waals surface area contributed by atoms with Crippen molar-refractivity contribution < 1.29 is 4.79 Å². The molecule has 1 aromatic carbocycles. The molecule has 2 aromatic rings. The molecule has 0 saturated carbocycles. The summed E-state index contributed by atoms with van der Waals surface area (Å²) in [6, 6.07) is 5.57. The van der Waals surface area contributed by atoms with Gasteiger partial charge in [0.25, 0.3) is 5.56 Å². The fraction of sp³-hybridized carbons (Fsp3) is 0.526. The summed E-state index contributed by atoms with van der Waals surface area (Å²) < 4.78 is 1.44. The van der Waals surface area contributed by atoms with Gasteiger partial charge in [0.15, 0.2) is 0 Å². The fourth-order valence-electron chi connectivity index (χ4n) is 4.16. The van der Waals surface area contributed by atoms with E-state index in [1.165, 1.54) is 10.9 Å². The second-order valence-corrected chi connectivity index (χ2v) is 7.29. The third-order valence-electron chi connectivity index (χ3n) is 5.73. The predicted molar refractivity (Wildman–Crippen MR) is 96.4 cm³/mol. The number of benzene rings is 1. The number of nitrogens with zero attached hydrogens (tertiary/aromatic N) is 3. The summed E-state index contributed by atoms with van der Waals surface area (Å²) in [7, 11) is 0. The topological polar surface area (TPSA) is 67.2 Å². The van der Waals surface area contributed by atoms with Crippen LogP contribution in [0.2, 0.25) is 0 Å². The molecule has 3 heterocycles. The highest BCUT2D eigenvalue weighted by Crippen LogP contribution is 2.27. The van der Waals surface area contributed by atoms with Crippen LogP contribution in [0.3, 0.4) is 0 Å². The number of hydrogen-bond donors (Lipinski definition) is 1. The summed E-state index contributed by atoms with van der Waals surface area (Å²) in [4.78, 5) is 31.7. The van der Waals surface area contributed by atoms with E-state index in [0.29, 0.717) is 22.7 Å². The molecular formula is C19H24N4O2. The summed E-state index contributed by atoms with van der Waals surface area (Å²) in [6.07, 6.45) is 3.60. The van der Waals surface area contributed by atoms with Gasteiger partial charge in [-0.2, -0.15) is 0 Å².